The van der Waals surface area contributed by atoms with Gasteiger partial charge in [-0.2, -0.15) is 13.2 Å². The Morgan fingerprint density at radius 1 is 1.17 bits per heavy atom. The highest BCUT2D eigenvalue weighted by Gasteiger charge is 1.93. The van der Waals surface area contributed by atoms with Crippen LogP contribution in [0.3, 0.4) is 0 Å². The quantitative estimate of drug-likeness (QED) is 0.458. The Labute approximate surface area is 38.9 Å². The van der Waals surface area contributed by atoms with E-state index in [1.54, 1.807) is 0 Å². The van der Waals surface area contributed by atoms with E-state index in [1.165, 1.54) is 0 Å². The van der Waals surface area contributed by atoms with Crippen LogP contribution in [0.1, 0.15) is 0 Å². The fraction of sp³-hybridized carbons (Fsp3) is 0. The van der Waals surface area contributed by atoms with Crippen molar-refractivity contribution in [2.45, 2.75) is 0 Å². The van der Waals surface area contributed by atoms with E-state index >= 15 is 0 Å². The van der Waals surface area contributed by atoms with Gasteiger partial charge in [0.1, 0.15) is 0 Å². The predicted octanol–water partition coefficient (Wildman–Crippen LogP) is 2.36. The molecule has 4 heteroatoms. The standard InChI is InChI=1S/CH2Cl.CF3/c1-2;2-1(3)4/h1H2;. The zero-order valence-corrected chi connectivity index (χ0v) is 3.47. The summed E-state index contributed by atoms with van der Waals surface area (Å²) < 4.78 is 28.8. The zero-order valence-electron chi connectivity index (χ0n) is 2.72. The summed E-state index contributed by atoms with van der Waals surface area (Å²) in [5, 5.41) is 0. The van der Waals surface area contributed by atoms with Crippen LogP contribution in [0.2, 0.25) is 0 Å². The van der Waals surface area contributed by atoms with Gasteiger partial charge in [0.15, 0.2) is 0 Å². The summed E-state index contributed by atoms with van der Waals surface area (Å²) in [7, 11) is 0. The van der Waals surface area contributed by atoms with Crippen molar-refractivity contribution in [3.8, 4) is 0 Å². The van der Waals surface area contributed by atoms with E-state index in [1.807, 2.05) is 0 Å². The molecular weight excluding hydrogens is 116 g/mol. The maximum absolute atomic E-state index is 9.58. The second-order valence-electron chi connectivity index (χ2n) is 0.214. The second kappa shape index (κ2) is 8.91. The lowest BCUT2D eigenvalue weighted by Gasteiger charge is -1.60. The molecule has 0 aromatic heterocycles. The molecule has 0 spiro atoms. The van der Waals surface area contributed by atoms with Crippen LogP contribution in [0.5, 0.6) is 0 Å². The van der Waals surface area contributed by atoms with E-state index in [0.717, 1.165) is 0 Å². The molecule has 0 aromatic rings. The summed E-state index contributed by atoms with van der Waals surface area (Å²) in [4.78, 5) is 0. The van der Waals surface area contributed by atoms with Crippen molar-refractivity contribution >= 4 is 11.6 Å². The van der Waals surface area contributed by atoms with E-state index in [9.17, 15) is 13.2 Å². The second-order valence-corrected chi connectivity index (χ2v) is 0.214. The molecule has 0 unspecified atom stereocenters. The Kier molecular flexibility index (Phi) is 14.0. The summed E-state index contributed by atoms with van der Waals surface area (Å²) in [6, 6.07) is 0. The lowest BCUT2D eigenvalue weighted by molar-refractivity contribution is 0.142. The molecule has 0 aliphatic heterocycles. The third-order valence-corrected chi connectivity index (χ3v) is 0. The summed E-state index contributed by atoms with van der Waals surface area (Å²) in [6.07, 6.45) is 2.72. The average molecular weight is 118 g/mol. The van der Waals surface area contributed by atoms with Crippen LogP contribution < -0.4 is 0 Å². The van der Waals surface area contributed by atoms with Crippen LogP contribution in [-0.2, 0) is 0 Å². The molecule has 0 aromatic carbocycles. The van der Waals surface area contributed by atoms with Crippen LogP contribution in [0.25, 0.3) is 0 Å². The van der Waals surface area contributed by atoms with Gasteiger partial charge in [0.25, 0.3) is 0 Å². The van der Waals surface area contributed by atoms with Gasteiger partial charge in [-0.15, -0.1) is 11.6 Å². The van der Waals surface area contributed by atoms with Crippen molar-refractivity contribution < 1.29 is 13.2 Å². The van der Waals surface area contributed by atoms with Crippen molar-refractivity contribution in [3.63, 3.8) is 0 Å². The first kappa shape index (κ1) is 9.43. The minimum atomic E-state index is -3.08. The highest BCUT2D eigenvalue weighted by Crippen LogP contribution is 1.99. The monoisotopic (exact) mass is 118 g/mol. The molecule has 0 nitrogen and oxygen atoms in total. The molecule has 0 saturated carbocycles. The Balaban J connectivity index is 0. The lowest BCUT2D eigenvalue weighted by atomic mass is 11.6. The fourth-order valence-electron chi connectivity index (χ4n) is 0. The van der Waals surface area contributed by atoms with Gasteiger partial charge in [0.2, 0.25) is 0 Å². The highest BCUT2D eigenvalue weighted by atomic mass is 35.5. The third kappa shape index (κ3) is 6050. The molecule has 0 bridgehead atoms. The molecule has 0 atom stereocenters. The van der Waals surface area contributed by atoms with E-state index in [4.69, 9.17) is 0 Å². The lowest BCUT2D eigenvalue weighted by Crippen LogP contribution is -1.49. The highest BCUT2D eigenvalue weighted by molar-refractivity contribution is 6.19. The first-order valence-electron chi connectivity index (χ1n) is 0.834. The Bertz CT molecular complexity index is 13.5. The van der Waals surface area contributed by atoms with Crippen molar-refractivity contribution in [3.05, 3.63) is 13.1 Å². The maximum atomic E-state index is 9.58. The molecule has 38 valence electrons. The third-order valence-electron chi connectivity index (χ3n) is 0. The minimum absolute atomic E-state index is 2.72. The summed E-state index contributed by atoms with van der Waals surface area (Å²) in [5.74, 6) is 0. The molecule has 0 saturated heterocycles. The Morgan fingerprint density at radius 2 is 1.17 bits per heavy atom. The molecule has 0 aliphatic rings. The van der Waals surface area contributed by atoms with Gasteiger partial charge in [0.05, 0.1) is 0 Å². The van der Waals surface area contributed by atoms with Crippen molar-refractivity contribution in [1.29, 1.82) is 0 Å². The normalized spacial score (nSPS) is 7.00. The average Bonchev–Trinajstić information content (AvgIpc) is 1.41. The van der Waals surface area contributed by atoms with E-state index < -0.39 is 6.68 Å². The molecular formula is C2H2ClF3. The van der Waals surface area contributed by atoms with Crippen LogP contribution in [-0.4, -0.2) is 0 Å². The molecule has 6 heavy (non-hydrogen) atoms. The van der Waals surface area contributed by atoms with Gasteiger partial charge in [-0.25, -0.2) is 0 Å². The fourth-order valence-corrected chi connectivity index (χ4v) is 0. The van der Waals surface area contributed by atoms with Crippen LogP contribution in [0, 0.1) is 13.1 Å². The van der Waals surface area contributed by atoms with Gasteiger partial charge in [-0.3, -0.25) is 0 Å². The molecule has 2 radical (unpaired) electrons. The number of rotatable bonds is 0. The topological polar surface area (TPSA) is 0 Å². The smallest absolute Gasteiger partial charge is 0.162 e. The summed E-state index contributed by atoms with van der Waals surface area (Å²) >= 11 is 4.39. The van der Waals surface area contributed by atoms with E-state index in [2.05, 4.69) is 18.0 Å². The van der Waals surface area contributed by atoms with Crippen molar-refractivity contribution in [2.24, 2.45) is 0 Å². The molecule has 0 N–H and O–H groups in total. The van der Waals surface area contributed by atoms with E-state index in [-0.39, 0.29) is 0 Å². The van der Waals surface area contributed by atoms with Crippen LogP contribution in [0.4, 0.5) is 13.2 Å². The largest absolute Gasteiger partial charge is 0.487 e. The SMILES string of the molecule is F[C](F)F.[CH2]Cl. The first-order chi connectivity index (χ1) is 2.73. The molecule has 0 aliphatic carbocycles. The zero-order chi connectivity index (χ0) is 5.58. The number of halogens is 4. The maximum Gasteiger partial charge on any atom is 0.487 e. The predicted molar refractivity (Wildman–Crippen MR) is 17.8 cm³/mol. The van der Waals surface area contributed by atoms with Crippen LogP contribution in [0.15, 0.2) is 0 Å². The van der Waals surface area contributed by atoms with Crippen LogP contribution >= 0.6 is 11.6 Å². The molecule has 0 rings (SSSR count). The Morgan fingerprint density at radius 3 is 1.17 bits per heavy atom. The van der Waals surface area contributed by atoms with Gasteiger partial charge in [0, 0.05) is 6.38 Å². The Hall–Kier alpha value is 0.0800. The minimum Gasteiger partial charge on any atom is -0.162 e. The summed E-state index contributed by atoms with van der Waals surface area (Å²) in [5.41, 5.74) is 0. The first-order valence-corrected chi connectivity index (χ1v) is 1.37. The van der Waals surface area contributed by atoms with Gasteiger partial charge in [-0.05, 0) is 0 Å². The molecule has 0 amide bonds. The van der Waals surface area contributed by atoms with Gasteiger partial charge in [-0.1, -0.05) is 0 Å². The van der Waals surface area contributed by atoms with E-state index in [0.29, 0.717) is 0 Å². The number of hydrogen-bond donors (Lipinski definition) is 0. The van der Waals surface area contributed by atoms with Gasteiger partial charge >= 0.3 is 6.68 Å². The van der Waals surface area contributed by atoms with Crippen molar-refractivity contribution in [2.75, 3.05) is 0 Å². The number of hydrogen-bond acceptors (Lipinski definition) is 0. The van der Waals surface area contributed by atoms with Gasteiger partial charge < -0.3 is 0 Å². The summed E-state index contributed by atoms with van der Waals surface area (Å²) in [6.45, 7) is -3.08. The molecule has 0 fully saturated rings. The van der Waals surface area contributed by atoms with Crippen molar-refractivity contribution in [1.82, 2.24) is 0 Å². The molecule has 0 heterocycles.